The first kappa shape index (κ1) is 19.2. The first-order valence-electron chi connectivity index (χ1n) is 9.12. The summed E-state index contributed by atoms with van der Waals surface area (Å²) >= 11 is 1.44. The number of aromatic nitrogens is 3. The molecule has 0 bridgehead atoms. The van der Waals surface area contributed by atoms with Crippen molar-refractivity contribution in [2.24, 2.45) is 0 Å². The van der Waals surface area contributed by atoms with Gasteiger partial charge < -0.3 is 4.90 Å². The summed E-state index contributed by atoms with van der Waals surface area (Å²) in [7, 11) is 0. The van der Waals surface area contributed by atoms with Gasteiger partial charge in [-0.2, -0.15) is 0 Å². The summed E-state index contributed by atoms with van der Waals surface area (Å²) in [4.78, 5) is 15.1. The summed E-state index contributed by atoms with van der Waals surface area (Å²) in [5.41, 5.74) is 3.12. The summed E-state index contributed by atoms with van der Waals surface area (Å²) in [5, 5.41) is 8.74. The minimum Gasteiger partial charge on any atom is -0.342 e. The van der Waals surface area contributed by atoms with Gasteiger partial charge in [0.2, 0.25) is 5.91 Å². The minimum absolute atomic E-state index is 0.0931. The molecule has 2 aromatic carbocycles. The molecular weight excluding hydrogens is 356 g/mol. The van der Waals surface area contributed by atoms with E-state index in [2.05, 4.69) is 23.2 Å². The third kappa shape index (κ3) is 4.22. The Kier molecular flexibility index (Phi) is 6.29. The molecule has 0 fully saturated rings. The lowest BCUT2D eigenvalue weighted by Gasteiger charge is -2.25. The molecule has 27 heavy (non-hydrogen) atoms. The molecule has 0 radical (unpaired) electrons. The van der Waals surface area contributed by atoms with Crippen LogP contribution < -0.4 is 0 Å². The van der Waals surface area contributed by atoms with E-state index in [1.807, 2.05) is 71.8 Å². The van der Waals surface area contributed by atoms with Gasteiger partial charge in [0.25, 0.3) is 0 Å². The Morgan fingerprint density at radius 3 is 2.41 bits per heavy atom. The molecule has 6 heteroatoms. The largest absolute Gasteiger partial charge is 0.342 e. The normalized spacial score (nSPS) is 12.0. The number of para-hydroxylation sites is 1. The van der Waals surface area contributed by atoms with Crippen molar-refractivity contribution in [3.8, 4) is 5.69 Å². The molecule has 1 unspecified atom stereocenters. The smallest absolute Gasteiger partial charge is 0.240 e. The lowest BCUT2D eigenvalue weighted by Crippen LogP contribution is -2.34. The van der Waals surface area contributed by atoms with Crippen LogP contribution in [0, 0.1) is 6.92 Å². The minimum atomic E-state index is -0.363. The molecule has 0 N–H and O–H groups in total. The first-order valence-corrected chi connectivity index (χ1v) is 10.00. The summed E-state index contributed by atoms with van der Waals surface area (Å²) in [6.45, 7) is 7.43. The molecule has 1 amide bonds. The fourth-order valence-corrected chi connectivity index (χ4v) is 4.11. The number of carbonyl (C=O) groups is 1. The van der Waals surface area contributed by atoms with Gasteiger partial charge in [-0.25, -0.2) is 0 Å². The molecule has 140 valence electrons. The van der Waals surface area contributed by atoms with Gasteiger partial charge in [0.05, 0.1) is 5.69 Å². The molecule has 5 nitrogen and oxygen atoms in total. The molecule has 0 aliphatic carbocycles. The second-order valence-electron chi connectivity index (χ2n) is 6.19. The first-order chi connectivity index (χ1) is 13.2. The predicted octanol–water partition coefficient (Wildman–Crippen LogP) is 4.28. The zero-order valence-corrected chi connectivity index (χ0v) is 16.7. The van der Waals surface area contributed by atoms with Crippen LogP contribution in [0.15, 0.2) is 66.1 Å². The zero-order chi connectivity index (χ0) is 19.2. The van der Waals surface area contributed by atoms with E-state index in [4.69, 9.17) is 0 Å². The molecule has 3 aromatic rings. The second-order valence-corrected chi connectivity index (χ2v) is 7.26. The maximum absolute atomic E-state index is 13.2. The molecule has 1 heterocycles. The Labute approximate surface area is 164 Å². The third-order valence-corrected chi connectivity index (χ3v) is 5.72. The number of benzene rings is 2. The van der Waals surface area contributed by atoms with Crippen molar-refractivity contribution in [2.45, 2.75) is 31.2 Å². The van der Waals surface area contributed by atoms with Gasteiger partial charge in [0.1, 0.15) is 11.6 Å². The zero-order valence-electron chi connectivity index (χ0n) is 15.9. The number of carbonyl (C=O) groups excluding carboxylic acids is 1. The molecule has 0 saturated carbocycles. The van der Waals surface area contributed by atoms with Crippen molar-refractivity contribution >= 4 is 17.7 Å². The highest BCUT2D eigenvalue weighted by Crippen LogP contribution is 2.36. The van der Waals surface area contributed by atoms with Gasteiger partial charge in [-0.3, -0.25) is 9.36 Å². The highest BCUT2D eigenvalue weighted by molar-refractivity contribution is 8.00. The fourth-order valence-electron chi connectivity index (χ4n) is 3.00. The van der Waals surface area contributed by atoms with Gasteiger partial charge in [0, 0.05) is 13.1 Å². The average molecular weight is 381 g/mol. The molecule has 0 aliphatic heterocycles. The van der Waals surface area contributed by atoms with Crippen molar-refractivity contribution in [2.75, 3.05) is 13.1 Å². The van der Waals surface area contributed by atoms with E-state index in [1.165, 1.54) is 11.8 Å². The number of aryl methyl sites for hydroxylation is 1. The van der Waals surface area contributed by atoms with Crippen molar-refractivity contribution in [3.05, 3.63) is 72.1 Å². The number of hydrogen-bond acceptors (Lipinski definition) is 4. The van der Waals surface area contributed by atoms with Crippen LogP contribution in [0.25, 0.3) is 5.69 Å². The number of hydrogen-bond donors (Lipinski definition) is 0. The van der Waals surface area contributed by atoms with E-state index < -0.39 is 0 Å². The predicted molar refractivity (Wildman–Crippen MR) is 109 cm³/mol. The fraction of sp³-hybridized carbons (Fsp3) is 0.286. The molecule has 1 atom stereocenters. The second kappa shape index (κ2) is 8.86. The van der Waals surface area contributed by atoms with Gasteiger partial charge >= 0.3 is 0 Å². The number of likely N-dealkylation sites (N-methyl/N-ethyl adjacent to an activating group) is 1. The Morgan fingerprint density at radius 1 is 1.07 bits per heavy atom. The van der Waals surface area contributed by atoms with Crippen LogP contribution in [0.4, 0.5) is 0 Å². The van der Waals surface area contributed by atoms with E-state index in [0.29, 0.717) is 18.2 Å². The molecule has 1 aromatic heterocycles. The lowest BCUT2D eigenvalue weighted by molar-refractivity contribution is -0.130. The Bertz CT molecular complexity index is 890. The molecule has 0 spiro atoms. The number of rotatable bonds is 7. The van der Waals surface area contributed by atoms with Crippen LogP contribution >= 0.6 is 11.8 Å². The third-order valence-electron chi connectivity index (χ3n) is 4.52. The summed E-state index contributed by atoms with van der Waals surface area (Å²) in [5.74, 6) is 0.0931. The maximum atomic E-state index is 13.2. The summed E-state index contributed by atoms with van der Waals surface area (Å²) in [6.07, 6.45) is 1.70. The monoisotopic (exact) mass is 380 g/mol. The van der Waals surface area contributed by atoms with Crippen LogP contribution in [-0.4, -0.2) is 38.7 Å². The van der Waals surface area contributed by atoms with Crippen molar-refractivity contribution in [1.29, 1.82) is 0 Å². The Hall–Kier alpha value is -2.60. The standard InChI is InChI=1S/C21H24N4OS/c1-4-24(5-2)20(26)19(17-12-7-6-8-13-17)27-21-23-22-15-25(21)18-14-10-9-11-16(18)3/h6-15,19H,4-5H2,1-3H3. The summed E-state index contributed by atoms with van der Waals surface area (Å²) < 4.78 is 1.95. The van der Waals surface area contributed by atoms with Gasteiger partial charge in [-0.05, 0) is 38.0 Å². The Morgan fingerprint density at radius 2 is 1.74 bits per heavy atom. The molecular formula is C21H24N4OS. The van der Waals surface area contributed by atoms with Crippen LogP contribution in [0.3, 0.4) is 0 Å². The quantitative estimate of drug-likeness (QED) is 0.574. The molecule has 0 saturated heterocycles. The van der Waals surface area contributed by atoms with E-state index in [0.717, 1.165) is 16.8 Å². The van der Waals surface area contributed by atoms with E-state index in [1.54, 1.807) is 6.33 Å². The van der Waals surface area contributed by atoms with E-state index >= 15 is 0 Å². The number of thioether (sulfide) groups is 1. The molecule has 3 rings (SSSR count). The van der Waals surface area contributed by atoms with Crippen molar-refractivity contribution in [1.82, 2.24) is 19.7 Å². The Balaban J connectivity index is 1.98. The summed E-state index contributed by atoms with van der Waals surface area (Å²) in [6, 6.07) is 18.0. The van der Waals surface area contributed by atoms with Crippen molar-refractivity contribution < 1.29 is 4.79 Å². The average Bonchev–Trinajstić information content (AvgIpc) is 3.16. The van der Waals surface area contributed by atoms with Crippen LogP contribution in [0.1, 0.15) is 30.2 Å². The topological polar surface area (TPSA) is 51.0 Å². The van der Waals surface area contributed by atoms with Gasteiger partial charge in [-0.1, -0.05) is 60.3 Å². The SMILES string of the molecule is CCN(CC)C(=O)C(Sc1nncn1-c1ccccc1C)c1ccccc1. The van der Waals surface area contributed by atoms with Gasteiger partial charge in [0.15, 0.2) is 5.16 Å². The van der Waals surface area contributed by atoms with Crippen molar-refractivity contribution in [3.63, 3.8) is 0 Å². The molecule has 0 aliphatic rings. The number of amides is 1. The van der Waals surface area contributed by atoms with Crippen LogP contribution in [0.5, 0.6) is 0 Å². The maximum Gasteiger partial charge on any atom is 0.240 e. The van der Waals surface area contributed by atoms with Gasteiger partial charge in [-0.15, -0.1) is 10.2 Å². The number of nitrogens with zero attached hydrogens (tertiary/aromatic N) is 4. The van der Waals surface area contributed by atoms with Crippen LogP contribution in [-0.2, 0) is 4.79 Å². The van der Waals surface area contributed by atoms with Crippen LogP contribution in [0.2, 0.25) is 0 Å². The lowest BCUT2D eigenvalue weighted by atomic mass is 10.1. The van der Waals surface area contributed by atoms with E-state index in [-0.39, 0.29) is 11.2 Å². The highest BCUT2D eigenvalue weighted by Gasteiger charge is 2.27. The highest BCUT2D eigenvalue weighted by atomic mass is 32.2. The van der Waals surface area contributed by atoms with E-state index in [9.17, 15) is 4.79 Å².